The van der Waals surface area contributed by atoms with Crippen LogP contribution in [0.1, 0.15) is 27.2 Å². The number of esters is 1. The van der Waals surface area contributed by atoms with Crippen LogP contribution in [0.4, 0.5) is 0 Å². The fourth-order valence-corrected chi connectivity index (χ4v) is 2.26. The zero-order chi connectivity index (χ0) is 13.2. The molecule has 0 radical (unpaired) electrons. The summed E-state index contributed by atoms with van der Waals surface area (Å²) in [6.45, 7) is 6.37. The van der Waals surface area contributed by atoms with Gasteiger partial charge in [0.2, 0.25) is 0 Å². The number of nitrogens with zero attached hydrogens (tertiary/aromatic N) is 1. The van der Waals surface area contributed by atoms with Gasteiger partial charge in [-0.1, -0.05) is 18.2 Å². The summed E-state index contributed by atoms with van der Waals surface area (Å²) < 4.78 is 7.17. The van der Waals surface area contributed by atoms with Gasteiger partial charge in [0, 0.05) is 17.3 Å². The average Bonchev–Trinajstić information content (AvgIpc) is 2.72. The van der Waals surface area contributed by atoms with E-state index < -0.39 is 0 Å². The molecule has 1 heterocycles. The van der Waals surface area contributed by atoms with Crippen LogP contribution < -0.4 is 0 Å². The molecule has 2 rings (SSSR count). The summed E-state index contributed by atoms with van der Waals surface area (Å²) >= 11 is 0. The number of para-hydroxylation sites is 1. The predicted octanol–water partition coefficient (Wildman–Crippen LogP) is 3.33. The fraction of sp³-hybridized carbons (Fsp3) is 0.400. The summed E-state index contributed by atoms with van der Waals surface area (Å²) in [7, 11) is 0. The van der Waals surface area contributed by atoms with Crippen LogP contribution in [0.5, 0.6) is 0 Å². The molecule has 0 aliphatic heterocycles. The number of benzene rings is 1. The van der Waals surface area contributed by atoms with E-state index in [2.05, 4.69) is 36.6 Å². The Bertz CT molecular complexity index is 554. The molecule has 0 aliphatic carbocycles. The Morgan fingerprint density at radius 3 is 2.72 bits per heavy atom. The molecule has 0 aliphatic rings. The number of hydrogen-bond donors (Lipinski definition) is 0. The summed E-state index contributed by atoms with van der Waals surface area (Å²) in [6.07, 6.45) is 2.41. The molecule has 0 bridgehead atoms. The van der Waals surface area contributed by atoms with Crippen molar-refractivity contribution >= 4 is 16.9 Å². The van der Waals surface area contributed by atoms with Gasteiger partial charge < -0.3 is 9.30 Å². The van der Waals surface area contributed by atoms with Gasteiger partial charge >= 0.3 is 5.97 Å². The number of ether oxygens (including phenoxy) is 1. The summed E-state index contributed by atoms with van der Waals surface area (Å²) in [4.78, 5) is 11.7. The lowest BCUT2D eigenvalue weighted by atomic mass is 10.00. The Morgan fingerprint density at radius 1 is 1.28 bits per heavy atom. The second kappa shape index (κ2) is 4.84. The fourth-order valence-electron chi connectivity index (χ4n) is 2.26. The van der Waals surface area contributed by atoms with Crippen molar-refractivity contribution in [1.82, 2.24) is 4.57 Å². The largest absolute Gasteiger partial charge is 0.466 e. The van der Waals surface area contributed by atoms with E-state index in [-0.39, 0.29) is 11.5 Å². The van der Waals surface area contributed by atoms with Crippen molar-refractivity contribution in [1.29, 1.82) is 0 Å². The van der Waals surface area contributed by atoms with Crippen molar-refractivity contribution in [3.05, 3.63) is 36.5 Å². The molecule has 0 amide bonds. The zero-order valence-electron chi connectivity index (χ0n) is 11.1. The standard InChI is InChI=1S/C15H19NO2/c1-4-18-14(17)11-15(2,3)16-10-9-12-7-5-6-8-13(12)16/h5-10H,4,11H2,1-3H3. The van der Waals surface area contributed by atoms with E-state index in [4.69, 9.17) is 4.74 Å². The highest BCUT2D eigenvalue weighted by Gasteiger charge is 2.25. The number of fused-ring (bicyclic) bond motifs is 1. The first kappa shape index (κ1) is 12.7. The van der Waals surface area contributed by atoms with E-state index in [9.17, 15) is 4.79 Å². The van der Waals surface area contributed by atoms with Gasteiger partial charge in [0.25, 0.3) is 0 Å². The van der Waals surface area contributed by atoms with Crippen LogP contribution in [0.3, 0.4) is 0 Å². The summed E-state index contributed by atoms with van der Waals surface area (Å²) in [5.41, 5.74) is 0.863. The lowest BCUT2D eigenvalue weighted by Crippen LogP contribution is -2.29. The van der Waals surface area contributed by atoms with Crippen LogP contribution in [-0.2, 0) is 15.1 Å². The highest BCUT2D eigenvalue weighted by atomic mass is 16.5. The van der Waals surface area contributed by atoms with Crippen LogP contribution in [0.25, 0.3) is 10.9 Å². The van der Waals surface area contributed by atoms with Crippen molar-refractivity contribution in [3.8, 4) is 0 Å². The molecular weight excluding hydrogens is 226 g/mol. The molecule has 3 nitrogen and oxygen atoms in total. The number of hydrogen-bond acceptors (Lipinski definition) is 2. The Morgan fingerprint density at radius 2 is 2.00 bits per heavy atom. The predicted molar refractivity (Wildman–Crippen MR) is 72.5 cm³/mol. The highest BCUT2D eigenvalue weighted by Crippen LogP contribution is 2.27. The van der Waals surface area contributed by atoms with Crippen molar-refractivity contribution < 1.29 is 9.53 Å². The molecule has 0 spiro atoms. The van der Waals surface area contributed by atoms with Gasteiger partial charge in [-0.05, 0) is 38.3 Å². The highest BCUT2D eigenvalue weighted by molar-refractivity contribution is 5.80. The maximum Gasteiger partial charge on any atom is 0.308 e. The summed E-state index contributed by atoms with van der Waals surface area (Å²) in [6, 6.07) is 10.3. The molecule has 0 fully saturated rings. The minimum atomic E-state index is -0.282. The van der Waals surface area contributed by atoms with Gasteiger partial charge in [-0.25, -0.2) is 0 Å². The lowest BCUT2D eigenvalue weighted by molar-refractivity contribution is -0.145. The molecule has 0 unspecified atom stereocenters. The third kappa shape index (κ3) is 2.40. The topological polar surface area (TPSA) is 31.2 Å². The number of carbonyl (C=O) groups is 1. The van der Waals surface area contributed by atoms with Gasteiger partial charge in [0.1, 0.15) is 0 Å². The van der Waals surface area contributed by atoms with Gasteiger partial charge in [-0.2, -0.15) is 0 Å². The molecule has 1 aromatic carbocycles. The Hall–Kier alpha value is -1.77. The van der Waals surface area contributed by atoms with Crippen LogP contribution in [0.15, 0.2) is 36.5 Å². The Labute approximate surface area is 107 Å². The number of aromatic nitrogens is 1. The van der Waals surface area contributed by atoms with E-state index in [0.717, 1.165) is 5.52 Å². The molecular formula is C15H19NO2. The van der Waals surface area contributed by atoms with Gasteiger partial charge in [-0.15, -0.1) is 0 Å². The van der Waals surface area contributed by atoms with E-state index in [1.165, 1.54) is 5.39 Å². The van der Waals surface area contributed by atoms with Crippen LogP contribution in [0, 0.1) is 0 Å². The SMILES string of the molecule is CCOC(=O)CC(C)(C)n1ccc2ccccc21. The second-order valence-electron chi connectivity index (χ2n) is 5.04. The van der Waals surface area contributed by atoms with E-state index in [1.54, 1.807) is 0 Å². The summed E-state index contributed by atoms with van der Waals surface area (Å²) in [5.74, 6) is -0.153. The summed E-state index contributed by atoms with van der Waals surface area (Å²) in [5, 5.41) is 1.19. The molecule has 2 aromatic rings. The third-order valence-corrected chi connectivity index (χ3v) is 3.13. The minimum absolute atomic E-state index is 0.153. The lowest BCUT2D eigenvalue weighted by Gasteiger charge is -2.27. The normalized spacial score (nSPS) is 11.7. The number of carbonyl (C=O) groups excluding carboxylic acids is 1. The van der Waals surface area contributed by atoms with Crippen molar-refractivity contribution in [2.45, 2.75) is 32.7 Å². The van der Waals surface area contributed by atoms with Gasteiger partial charge in [-0.3, -0.25) is 4.79 Å². The smallest absolute Gasteiger partial charge is 0.308 e. The molecule has 96 valence electrons. The monoisotopic (exact) mass is 245 g/mol. The van der Waals surface area contributed by atoms with Gasteiger partial charge in [0.15, 0.2) is 0 Å². The molecule has 1 aromatic heterocycles. The first-order valence-electron chi connectivity index (χ1n) is 6.27. The second-order valence-corrected chi connectivity index (χ2v) is 5.04. The molecule has 0 saturated heterocycles. The first-order chi connectivity index (χ1) is 8.54. The molecule has 0 N–H and O–H groups in total. The minimum Gasteiger partial charge on any atom is -0.466 e. The van der Waals surface area contributed by atoms with E-state index in [0.29, 0.717) is 13.0 Å². The zero-order valence-corrected chi connectivity index (χ0v) is 11.1. The van der Waals surface area contributed by atoms with Crippen molar-refractivity contribution in [2.24, 2.45) is 0 Å². The molecule has 3 heteroatoms. The van der Waals surface area contributed by atoms with E-state index in [1.807, 2.05) is 25.3 Å². The van der Waals surface area contributed by atoms with Crippen LogP contribution >= 0.6 is 0 Å². The molecule has 0 saturated carbocycles. The average molecular weight is 245 g/mol. The quantitative estimate of drug-likeness (QED) is 0.774. The first-order valence-corrected chi connectivity index (χ1v) is 6.27. The Balaban J connectivity index is 2.31. The van der Waals surface area contributed by atoms with Crippen LogP contribution in [-0.4, -0.2) is 17.1 Å². The molecule has 18 heavy (non-hydrogen) atoms. The van der Waals surface area contributed by atoms with E-state index >= 15 is 0 Å². The van der Waals surface area contributed by atoms with Crippen molar-refractivity contribution in [3.63, 3.8) is 0 Å². The Kier molecular flexibility index (Phi) is 3.41. The van der Waals surface area contributed by atoms with Crippen LogP contribution in [0.2, 0.25) is 0 Å². The molecule has 0 atom stereocenters. The van der Waals surface area contributed by atoms with Crippen molar-refractivity contribution in [2.75, 3.05) is 6.61 Å². The maximum atomic E-state index is 11.7. The maximum absolute atomic E-state index is 11.7. The third-order valence-electron chi connectivity index (χ3n) is 3.13. The van der Waals surface area contributed by atoms with Gasteiger partial charge in [0.05, 0.1) is 13.0 Å². The number of rotatable bonds is 4.